The van der Waals surface area contributed by atoms with Crippen molar-refractivity contribution in [2.45, 2.75) is 25.6 Å². The van der Waals surface area contributed by atoms with Gasteiger partial charge in [0.25, 0.3) is 0 Å². The summed E-state index contributed by atoms with van der Waals surface area (Å²) in [6, 6.07) is 7.80. The SMILES string of the molecule is CCOC(=O)N1CCN(CC(O)COc2ccc(N(CCCO)CC3CO3)cc2)CC1. The molecule has 1 amide bonds. The van der Waals surface area contributed by atoms with E-state index in [0.717, 1.165) is 25.4 Å². The molecule has 174 valence electrons. The van der Waals surface area contributed by atoms with E-state index in [0.29, 0.717) is 51.5 Å². The standard InChI is InChI=1S/C22H35N3O6/c1-2-29-22(28)24-11-9-23(10-12-24)14-19(27)16-30-20-6-4-18(5-7-20)25(8-3-13-26)15-21-17-31-21/h4-7,19,21,26-27H,2-3,8-17H2,1H3. The Labute approximate surface area is 184 Å². The van der Waals surface area contributed by atoms with Crippen LogP contribution in [0.3, 0.4) is 0 Å². The smallest absolute Gasteiger partial charge is 0.409 e. The van der Waals surface area contributed by atoms with E-state index < -0.39 is 6.10 Å². The molecule has 2 aliphatic heterocycles. The highest BCUT2D eigenvalue weighted by atomic mass is 16.6. The van der Waals surface area contributed by atoms with Gasteiger partial charge >= 0.3 is 6.09 Å². The number of carbonyl (C=O) groups is 1. The maximum Gasteiger partial charge on any atom is 0.409 e. The van der Waals surface area contributed by atoms with Crippen molar-refractivity contribution < 1.29 is 29.2 Å². The van der Waals surface area contributed by atoms with E-state index in [4.69, 9.17) is 19.3 Å². The number of ether oxygens (including phenoxy) is 3. The first-order valence-corrected chi connectivity index (χ1v) is 11.1. The zero-order chi connectivity index (χ0) is 22.1. The van der Waals surface area contributed by atoms with Gasteiger partial charge in [-0.15, -0.1) is 0 Å². The summed E-state index contributed by atoms with van der Waals surface area (Å²) in [6.07, 6.45) is 0.116. The third-order valence-electron chi connectivity index (χ3n) is 5.42. The number of aliphatic hydroxyl groups is 2. The molecule has 2 unspecified atom stereocenters. The number of hydrogen-bond donors (Lipinski definition) is 2. The van der Waals surface area contributed by atoms with Crippen molar-refractivity contribution in [2.75, 3.05) is 77.1 Å². The molecule has 0 aromatic heterocycles. The molecule has 0 saturated carbocycles. The molecule has 2 atom stereocenters. The van der Waals surface area contributed by atoms with Crippen LogP contribution in [0.1, 0.15) is 13.3 Å². The lowest BCUT2D eigenvalue weighted by Crippen LogP contribution is -2.51. The topological polar surface area (TPSA) is 98.2 Å². The minimum Gasteiger partial charge on any atom is -0.491 e. The third-order valence-corrected chi connectivity index (χ3v) is 5.42. The predicted molar refractivity (Wildman–Crippen MR) is 117 cm³/mol. The number of rotatable bonds is 12. The first-order valence-electron chi connectivity index (χ1n) is 11.1. The summed E-state index contributed by atoms with van der Waals surface area (Å²) in [6.45, 7) is 8.08. The predicted octanol–water partition coefficient (Wildman–Crippen LogP) is 0.788. The first-order chi connectivity index (χ1) is 15.1. The summed E-state index contributed by atoms with van der Waals surface area (Å²) in [4.78, 5) is 17.8. The molecule has 0 aliphatic carbocycles. The minimum atomic E-state index is -0.609. The summed E-state index contributed by atoms with van der Waals surface area (Å²) >= 11 is 0. The summed E-state index contributed by atoms with van der Waals surface area (Å²) < 4.78 is 16.1. The van der Waals surface area contributed by atoms with Gasteiger partial charge in [0.05, 0.1) is 19.3 Å². The Hall–Kier alpha value is -2.07. The van der Waals surface area contributed by atoms with Crippen molar-refractivity contribution in [1.82, 2.24) is 9.80 Å². The minimum absolute atomic E-state index is 0.166. The van der Waals surface area contributed by atoms with Gasteiger partial charge < -0.3 is 34.2 Å². The van der Waals surface area contributed by atoms with Gasteiger partial charge in [-0.2, -0.15) is 0 Å². The van der Waals surface area contributed by atoms with Crippen LogP contribution >= 0.6 is 0 Å². The Morgan fingerprint density at radius 2 is 1.97 bits per heavy atom. The first kappa shape index (κ1) is 23.6. The number of benzene rings is 1. The van der Waals surface area contributed by atoms with Crippen LogP contribution in [0.4, 0.5) is 10.5 Å². The fourth-order valence-electron chi connectivity index (χ4n) is 3.63. The lowest BCUT2D eigenvalue weighted by Gasteiger charge is -2.34. The summed E-state index contributed by atoms with van der Waals surface area (Å²) in [5.41, 5.74) is 1.07. The number of piperazine rings is 1. The average Bonchev–Trinajstić information content (AvgIpc) is 3.60. The van der Waals surface area contributed by atoms with Gasteiger partial charge in [-0.05, 0) is 37.6 Å². The molecule has 2 aliphatic rings. The van der Waals surface area contributed by atoms with E-state index in [1.54, 1.807) is 11.8 Å². The Balaban J connectivity index is 1.39. The molecule has 1 aromatic carbocycles. The molecule has 0 spiro atoms. The Kier molecular flexibility index (Phi) is 9.20. The second-order valence-corrected chi connectivity index (χ2v) is 7.92. The molecule has 2 heterocycles. The molecule has 3 rings (SSSR count). The van der Waals surface area contributed by atoms with E-state index in [-0.39, 0.29) is 25.4 Å². The van der Waals surface area contributed by atoms with E-state index in [9.17, 15) is 9.90 Å². The highest BCUT2D eigenvalue weighted by Gasteiger charge is 2.26. The quantitative estimate of drug-likeness (QED) is 0.463. The number of carbonyl (C=O) groups excluding carboxylic acids is 1. The average molecular weight is 438 g/mol. The Bertz CT molecular complexity index is 662. The third kappa shape index (κ3) is 7.84. The molecule has 1 aromatic rings. The van der Waals surface area contributed by atoms with Crippen LogP contribution in [0, 0.1) is 0 Å². The van der Waals surface area contributed by atoms with E-state index in [1.165, 1.54) is 0 Å². The molecule has 0 radical (unpaired) electrons. The number of amides is 1. The van der Waals surface area contributed by atoms with Crippen LogP contribution in [-0.2, 0) is 9.47 Å². The highest BCUT2D eigenvalue weighted by Crippen LogP contribution is 2.22. The van der Waals surface area contributed by atoms with Crippen LogP contribution in [0.15, 0.2) is 24.3 Å². The maximum absolute atomic E-state index is 11.8. The van der Waals surface area contributed by atoms with Crippen molar-refractivity contribution in [3.05, 3.63) is 24.3 Å². The van der Waals surface area contributed by atoms with E-state index >= 15 is 0 Å². The number of aliphatic hydroxyl groups excluding tert-OH is 2. The summed E-state index contributed by atoms with van der Waals surface area (Å²) in [5, 5.41) is 19.5. The van der Waals surface area contributed by atoms with Crippen molar-refractivity contribution in [3.63, 3.8) is 0 Å². The molecule has 2 fully saturated rings. The van der Waals surface area contributed by atoms with Crippen LogP contribution in [0.2, 0.25) is 0 Å². The van der Waals surface area contributed by atoms with Crippen LogP contribution in [-0.4, -0.2) is 111 Å². The van der Waals surface area contributed by atoms with E-state index in [1.807, 2.05) is 24.3 Å². The van der Waals surface area contributed by atoms with Crippen molar-refractivity contribution in [3.8, 4) is 5.75 Å². The zero-order valence-corrected chi connectivity index (χ0v) is 18.3. The van der Waals surface area contributed by atoms with Crippen LogP contribution in [0.5, 0.6) is 5.75 Å². The fourth-order valence-corrected chi connectivity index (χ4v) is 3.63. The van der Waals surface area contributed by atoms with Gasteiger partial charge in [0.15, 0.2) is 0 Å². The van der Waals surface area contributed by atoms with E-state index in [2.05, 4.69) is 9.80 Å². The maximum atomic E-state index is 11.8. The molecule has 2 N–H and O–H groups in total. The second-order valence-electron chi connectivity index (χ2n) is 7.92. The molecular weight excluding hydrogens is 402 g/mol. The lowest BCUT2D eigenvalue weighted by atomic mass is 10.2. The van der Waals surface area contributed by atoms with Crippen molar-refractivity contribution in [2.24, 2.45) is 0 Å². The largest absolute Gasteiger partial charge is 0.491 e. The molecule has 9 heteroatoms. The normalized spacial score (nSPS) is 19.7. The lowest BCUT2D eigenvalue weighted by molar-refractivity contribution is 0.0408. The van der Waals surface area contributed by atoms with Gasteiger partial charge in [-0.1, -0.05) is 0 Å². The number of anilines is 1. The summed E-state index contributed by atoms with van der Waals surface area (Å²) in [5.74, 6) is 0.708. The number of hydrogen-bond acceptors (Lipinski definition) is 8. The number of epoxide rings is 1. The van der Waals surface area contributed by atoms with Gasteiger partial charge in [0.2, 0.25) is 0 Å². The molecular formula is C22H35N3O6. The second kappa shape index (κ2) is 12.1. The van der Waals surface area contributed by atoms with Crippen molar-refractivity contribution in [1.29, 1.82) is 0 Å². The number of nitrogens with zero attached hydrogens (tertiary/aromatic N) is 3. The molecule has 31 heavy (non-hydrogen) atoms. The van der Waals surface area contributed by atoms with Crippen LogP contribution < -0.4 is 9.64 Å². The van der Waals surface area contributed by atoms with Gasteiger partial charge in [-0.25, -0.2) is 4.79 Å². The molecule has 9 nitrogen and oxygen atoms in total. The molecule has 2 saturated heterocycles. The zero-order valence-electron chi connectivity index (χ0n) is 18.3. The van der Waals surface area contributed by atoms with Crippen molar-refractivity contribution >= 4 is 11.8 Å². The van der Waals surface area contributed by atoms with Crippen LogP contribution in [0.25, 0.3) is 0 Å². The Morgan fingerprint density at radius 1 is 1.26 bits per heavy atom. The van der Waals surface area contributed by atoms with Gasteiger partial charge in [-0.3, -0.25) is 4.90 Å². The monoisotopic (exact) mass is 437 g/mol. The van der Waals surface area contributed by atoms with Gasteiger partial charge in [0, 0.05) is 58.1 Å². The fraction of sp³-hybridized carbons (Fsp3) is 0.682. The van der Waals surface area contributed by atoms with Gasteiger partial charge in [0.1, 0.15) is 18.5 Å². The highest BCUT2D eigenvalue weighted by molar-refractivity contribution is 5.67. The Morgan fingerprint density at radius 3 is 2.58 bits per heavy atom. The summed E-state index contributed by atoms with van der Waals surface area (Å²) in [7, 11) is 0. The number of β-amino-alcohol motifs (C(OH)–C–C–N with tert-alkyl or cyclic N) is 1. The molecule has 0 bridgehead atoms.